The summed E-state index contributed by atoms with van der Waals surface area (Å²) in [6, 6.07) is 7.82. The smallest absolute Gasteiger partial charge is 0.267 e. The molecule has 2 amide bonds. The van der Waals surface area contributed by atoms with E-state index in [0.29, 0.717) is 6.54 Å². The number of carbonyl (C=O) groups excluding carboxylic acids is 2. The molecular weight excluding hydrogens is 318 g/mol. The lowest BCUT2D eigenvalue weighted by atomic mass is 9.89. The van der Waals surface area contributed by atoms with E-state index in [9.17, 15) is 9.59 Å². The first-order valence-electron chi connectivity index (χ1n) is 7.98. The monoisotopic (exact) mass is 337 g/mol. The van der Waals surface area contributed by atoms with Crippen LogP contribution in [0.1, 0.15) is 11.1 Å². The fraction of sp³-hybridized carbons (Fsp3) is 0.211. The fourth-order valence-electron chi connectivity index (χ4n) is 2.79. The van der Waals surface area contributed by atoms with Crippen molar-refractivity contribution in [1.29, 1.82) is 0 Å². The van der Waals surface area contributed by atoms with Gasteiger partial charge < -0.3 is 0 Å². The second-order valence-corrected chi connectivity index (χ2v) is 6.07. The van der Waals surface area contributed by atoms with Crippen molar-refractivity contribution in [2.75, 3.05) is 0 Å². The van der Waals surface area contributed by atoms with Crippen LogP contribution in [0.2, 0.25) is 0 Å². The number of nitrogens with one attached hydrogen (secondary N) is 1. The maximum atomic E-state index is 12.8. The molecule has 1 heterocycles. The molecule has 0 fully saturated rings. The van der Waals surface area contributed by atoms with Gasteiger partial charge in [0, 0.05) is 6.08 Å². The largest absolute Gasteiger partial charge is 0.298 e. The first-order valence-corrected chi connectivity index (χ1v) is 7.98. The number of hydroxylamine groups is 1. The number of hydrogen-bond acceptors (Lipinski definition) is 4. The molecule has 2 atom stereocenters. The molecule has 1 aromatic rings. The van der Waals surface area contributed by atoms with Crippen LogP contribution in [-0.2, 0) is 16.1 Å². The van der Waals surface area contributed by atoms with E-state index in [1.54, 1.807) is 23.4 Å². The lowest BCUT2D eigenvalue weighted by molar-refractivity contribution is -0.131. The zero-order valence-corrected chi connectivity index (χ0v) is 13.8. The summed E-state index contributed by atoms with van der Waals surface area (Å²) < 4.78 is 0. The third-order valence-corrected chi connectivity index (χ3v) is 4.18. The van der Waals surface area contributed by atoms with Gasteiger partial charge in [-0.3, -0.25) is 24.7 Å². The Hall–Kier alpha value is -2.99. The summed E-state index contributed by atoms with van der Waals surface area (Å²) in [4.78, 5) is 29.9. The Labute approximate surface area is 145 Å². The lowest BCUT2D eigenvalue weighted by Gasteiger charge is -2.31. The van der Waals surface area contributed by atoms with Crippen LogP contribution in [0.25, 0.3) is 0 Å². The summed E-state index contributed by atoms with van der Waals surface area (Å²) in [5.74, 6) is -1.04. The molecule has 0 radical (unpaired) electrons. The summed E-state index contributed by atoms with van der Waals surface area (Å²) in [6.45, 7) is 2.49. The highest BCUT2D eigenvalue weighted by Crippen LogP contribution is 2.26. The molecule has 0 saturated carbocycles. The Balaban J connectivity index is 1.75. The Morgan fingerprint density at radius 1 is 1.36 bits per heavy atom. The number of hydrogen-bond donors (Lipinski definition) is 2. The van der Waals surface area contributed by atoms with Crippen LogP contribution in [0.5, 0.6) is 0 Å². The third kappa shape index (κ3) is 3.92. The summed E-state index contributed by atoms with van der Waals surface area (Å²) in [5, 5.41) is 8.52. The molecule has 25 heavy (non-hydrogen) atoms. The van der Waals surface area contributed by atoms with Gasteiger partial charge in [-0.05, 0) is 24.1 Å². The molecule has 128 valence electrons. The van der Waals surface area contributed by atoms with Gasteiger partial charge in [0.15, 0.2) is 0 Å². The molecule has 6 heteroatoms. The van der Waals surface area contributed by atoms with Crippen LogP contribution in [-0.4, -0.2) is 34.3 Å². The summed E-state index contributed by atoms with van der Waals surface area (Å²) in [7, 11) is 0. The second kappa shape index (κ2) is 7.27. The molecule has 1 aromatic carbocycles. The van der Waals surface area contributed by atoms with Gasteiger partial charge in [-0.1, -0.05) is 48.1 Å². The first-order chi connectivity index (χ1) is 12.1. The topological polar surface area (TPSA) is 82.0 Å². The number of allylic oxidation sites excluding steroid dienone is 3. The standard InChI is InChI=1S/C19H19N3O3/c1-13-2-4-15(5-3-13)11-22-12-20-17-8-6-14(7-9-18(23)21-25)10-16(17)19(22)24/h2-10,12,16-17,25H,11H2,1H3,(H,21,23)/b9-7+. The fourth-order valence-corrected chi connectivity index (χ4v) is 2.79. The maximum absolute atomic E-state index is 12.8. The van der Waals surface area contributed by atoms with Crippen LogP contribution < -0.4 is 5.48 Å². The van der Waals surface area contributed by atoms with E-state index in [1.807, 2.05) is 43.3 Å². The molecule has 0 aromatic heterocycles. The predicted octanol–water partition coefficient (Wildman–Crippen LogP) is 1.91. The van der Waals surface area contributed by atoms with Crippen LogP contribution in [0.15, 0.2) is 65.2 Å². The van der Waals surface area contributed by atoms with Gasteiger partial charge in [-0.25, -0.2) is 5.48 Å². The Kier molecular flexibility index (Phi) is 4.90. The van der Waals surface area contributed by atoms with Crippen molar-refractivity contribution in [3.8, 4) is 0 Å². The van der Waals surface area contributed by atoms with Gasteiger partial charge in [-0.15, -0.1) is 0 Å². The molecule has 0 saturated heterocycles. The van der Waals surface area contributed by atoms with Crippen LogP contribution in [0.3, 0.4) is 0 Å². The van der Waals surface area contributed by atoms with E-state index in [2.05, 4.69) is 4.99 Å². The quantitative estimate of drug-likeness (QED) is 0.500. The van der Waals surface area contributed by atoms with Gasteiger partial charge in [0.2, 0.25) is 5.91 Å². The number of aryl methyl sites for hydroxylation is 1. The lowest BCUT2D eigenvalue weighted by Crippen LogP contribution is -2.43. The van der Waals surface area contributed by atoms with Crippen molar-refractivity contribution in [1.82, 2.24) is 10.4 Å². The molecule has 2 N–H and O–H groups in total. The maximum Gasteiger partial charge on any atom is 0.267 e. The SMILES string of the molecule is Cc1ccc(CN2C=NC3C=CC(/C=C/C(=O)NO)=CC3C2=O)cc1. The van der Waals surface area contributed by atoms with Gasteiger partial charge in [0.1, 0.15) is 0 Å². The van der Waals surface area contributed by atoms with Crippen LogP contribution >= 0.6 is 0 Å². The van der Waals surface area contributed by atoms with Crippen LogP contribution in [0.4, 0.5) is 0 Å². The molecule has 6 nitrogen and oxygen atoms in total. The summed E-state index contributed by atoms with van der Waals surface area (Å²) in [6.07, 6.45) is 9.81. The second-order valence-electron chi connectivity index (χ2n) is 6.07. The van der Waals surface area contributed by atoms with E-state index in [4.69, 9.17) is 5.21 Å². The van der Waals surface area contributed by atoms with E-state index in [-0.39, 0.29) is 11.9 Å². The number of aliphatic imine (C=N–C) groups is 1. The highest BCUT2D eigenvalue weighted by molar-refractivity contribution is 5.94. The summed E-state index contributed by atoms with van der Waals surface area (Å²) in [5.41, 5.74) is 4.47. The number of benzene rings is 1. The molecule has 1 aliphatic heterocycles. The van der Waals surface area contributed by atoms with E-state index in [1.165, 1.54) is 17.1 Å². The molecule has 2 aliphatic rings. The zero-order chi connectivity index (χ0) is 17.8. The van der Waals surface area contributed by atoms with E-state index < -0.39 is 11.8 Å². The minimum Gasteiger partial charge on any atom is -0.298 e. The van der Waals surface area contributed by atoms with Crippen molar-refractivity contribution in [2.24, 2.45) is 10.9 Å². The number of nitrogens with zero attached hydrogens (tertiary/aromatic N) is 2. The van der Waals surface area contributed by atoms with Gasteiger partial charge >= 0.3 is 0 Å². The predicted molar refractivity (Wildman–Crippen MR) is 93.8 cm³/mol. The average molecular weight is 337 g/mol. The number of rotatable bonds is 4. The van der Waals surface area contributed by atoms with E-state index in [0.717, 1.165) is 11.1 Å². The number of carbonyl (C=O) groups is 2. The third-order valence-electron chi connectivity index (χ3n) is 4.18. The van der Waals surface area contributed by atoms with Gasteiger partial charge in [-0.2, -0.15) is 0 Å². The van der Waals surface area contributed by atoms with Crippen molar-refractivity contribution in [2.45, 2.75) is 19.5 Å². The molecule has 0 bridgehead atoms. The minimum absolute atomic E-state index is 0.0255. The molecular formula is C19H19N3O3. The van der Waals surface area contributed by atoms with Gasteiger partial charge in [0.25, 0.3) is 5.91 Å². The number of fused-ring (bicyclic) bond motifs is 1. The Morgan fingerprint density at radius 3 is 2.84 bits per heavy atom. The number of amides is 2. The van der Waals surface area contributed by atoms with Gasteiger partial charge in [0.05, 0.1) is 24.8 Å². The van der Waals surface area contributed by atoms with Crippen molar-refractivity contribution in [3.05, 3.63) is 71.3 Å². The van der Waals surface area contributed by atoms with Crippen LogP contribution in [0, 0.1) is 12.8 Å². The Morgan fingerprint density at radius 2 is 2.12 bits per heavy atom. The molecule has 3 rings (SSSR count). The van der Waals surface area contributed by atoms with E-state index >= 15 is 0 Å². The van der Waals surface area contributed by atoms with Crippen molar-refractivity contribution >= 4 is 18.2 Å². The normalized spacial score (nSPS) is 22.1. The Bertz CT molecular complexity index is 791. The molecule has 0 spiro atoms. The highest BCUT2D eigenvalue weighted by atomic mass is 16.5. The van der Waals surface area contributed by atoms with Crippen molar-refractivity contribution < 1.29 is 14.8 Å². The molecule has 2 unspecified atom stereocenters. The average Bonchev–Trinajstić information content (AvgIpc) is 2.64. The molecule has 1 aliphatic carbocycles. The first kappa shape index (κ1) is 16.9. The van der Waals surface area contributed by atoms with Crippen molar-refractivity contribution in [3.63, 3.8) is 0 Å². The zero-order valence-electron chi connectivity index (χ0n) is 13.8. The minimum atomic E-state index is -0.620. The summed E-state index contributed by atoms with van der Waals surface area (Å²) >= 11 is 0. The highest BCUT2D eigenvalue weighted by Gasteiger charge is 2.33.